The Bertz CT molecular complexity index is 1140. The highest BCUT2D eigenvalue weighted by atomic mass is 16.6. The maximum atomic E-state index is 13.5. The van der Waals surface area contributed by atoms with Gasteiger partial charge < -0.3 is 19.3 Å². The Morgan fingerprint density at radius 1 is 0.971 bits per heavy atom. The molecule has 0 aliphatic carbocycles. The Morgan fingerprint density at radius 3 is 2.40 bits per heavy atom. The summed E-state index contributed by atoms with van der Waals surface area (Å²) in [5.41, 5.74) is 1.64. The summed E-state index contributed by atoms with van der Waals surface area (Å²) in [7, 11) is 0. The second-order valence-electron chi connectivity index (χ2n) is 9.19. The fourth-order valence-corrected chi connectivity index (χ4v) is 5.26. The van der Waals surface area contributed by atoms with Gasteiger partial charge >= 0.3 is 0 Å². The molecule has 35 heavy (non-hydrogen) atoms. The van der Waals surface area contributed by atoms with E-state index in [-0.39, 0.29) is 36.8 Å². The summed E-state index contributed by atoms with van der Waals surface area (Å²) in [6.45, 7) is 7.18. The van der Waals surface area contributed by atoms with E-state index in [9.17, 15) is 14.4 Å². The molecule has 3 heterocycles. The van der Waals surface area contributed by atoms with Crippen LogP contribution in [0.3, 0.4) is 0 Å². The molecule has 0 saturated carbocycles. The van der Waals surface area contributed by atoms with E-state index >= 15 is 0 Å². The molecule has 8 nitrogen and oxygen atoms in total. The van der Waals surface area contributed by atoms with Crippen molar-refractivity contribution in [1.82, 2.24) is 9.80 Å². The number of hydrogen-bond acceptors (Lipinski definition) is 6. The van der Waals surface area contributed by atoms with Gasteiger partial charge in [0.15, 0.2) is 17.6 Å². The Balaban J connectivity index is 1.29. The van der Waals surface area contributed by atoms with E-state index in [1.807, 2.05) is 55.1 Å². The number of imide groups is 1. The lowest BCUT2D eigenvalue weighted by Gasteiger charge is -2.35. The molecular formula is C27H31N3O5. The second-order valence-corrected chi connectivity index (χ2v) is 9.19. The lowest BCUT2D eigenvalue weighted by Crippen LogP contribution is -2.44. The van der Waals surface area contributed by atoms with Crippen molar-refractivity contribution in [2.24, 2.45) is 5.92 Å². The molecule has 0 spiro atoms. The molecule has 0 radical (unpaired) electrons. The van der Waals surface area contributed by atoms with Gasteiger partial charge in [-0.1, -0.05) is 18.2 Å². The first-order chi connectivity index (χ1) is 17.0. The van der Waals surface area contributed by atoms with Crippen molar-refractivity contribution in [2.75, 3.05) is 44.2 Å². The van der Waals surface area contributed by atoms with Gasteiger partial charge in [0.25, 0.3) is 11.8 Å². The molecule has 1 atom stereocenters. The number of nitrogens with zero attached hydrogens (tertiary/aromatic N) is 3. The zero-order chi connectivity index (χ0) is 24.5. The van der Waals surface area contributed by atoms with E-state index in [1.165, 1.54) is 4.90 Å². The van der Waals surface area contributed by atoms with E-state index < -0.39 is 6.10 Å². The molecule has 3 aliphatic heterocycles. The van der Waals surface area contributed by atoms with Crippen molar-refractivity contribution < 1.29 is 23.9 Å². The number of piperidine rings is 1. The van der Waals surface area contributed by atoms with Crippen LogP contribution in [0.2, 0.25) is 0 Å². The van der Waals surface area contributed by atoms with Gasteiger partial charge in [0.2, 0.25) is 5.91 Å². The number of benzene rings is 2. The van der Waals surface area contributed by atoms with E-state index in [0.717, 1.165) is 31.6 Å². The third kappa shape index (κ3) is 4.22. The number of ether oxygens (including phenoxy) is 2. The minimum Gasteiger partial charge on any atom is -0.486 e. The van der Waals surface area contributed by atoms with Gasteiger partial charge in [-0.05, 0) is 51.0 Å². The van der Waals surface area contributed by atoms with Crippen LogP contribution >= 0.6 is 0 Å². The van der Waals surface area contributed by atoms with Gasteiger partial charge in [-0.3, -0.25) is 19.3 Å². The zero-order valence-corrected chi connectivity index (χ0v) is 20.2. The number of hydrogen-bond donors (Lipinski definition) is 0. The molecule has 2 aromatic rings. The largest absolute Gasteiger partial charge is 0.486 e. The Kier molecular flexibility index (Phi) is 6.36. The van der Waals surface area contributed by atoms with Gasteiger partial charge in [0, 0.05) is 32.1 Å². The first kappa shape index (κ1) is 23.2. The highest BCUT2D eigenvalue weighted by Crippen LogP contribution is 2.36. The van der Waals surface area contributed by atoms with Crippen LogP contribution in [0, 0.1) is 5.92 Å². The third-order valence-corrected chi connectivity index (χ3v) is 7.19. The molecule has 1 saturated heterocycles. The predicted molar refractivity (Wildman–Crippen MR) is 131 cm³/mol. The number of fused-ring (bicyclic) bond motifs is 2. The van der Waals surface area contributed by atoms with Crippen LogP contribution in [0.5, 0.6) is 11.5 Å². The highest BCUT2D eigenvalue weighted by molar-refractivity contribution is 6.23. The molecular weight excluding hydrogens is 446 g/mol. The van der Waals surface area contributed by atoms with E-state index in [4.69, 9.17) is 9.47 Å². The molecule has 3 amide bonds. The Morgan fingerprint density at radius 2 is 1.69 bits per heavy atom. The number of anilines is 1. The highest BCUT2D eigenvalue weighted by Gasteiger charge is 2.41. The Labute approximate surface area is 205 Å². The summed E-state index contributed by atoms with van der Waals surface area (Å²) in [5.74, 6) is 0.884. The van der Waals surface area contributed by atoms with Gasteiger partial charge in [-0.2, -0.15) is 0 Å². The summed E-state index contributed by atoms with van der Waals surface area (Å²) in [4.78, 5) is 44.7. The van der Waals surface area contributed by atoms with Crippen LogP contribution in [0.25, 0.3) is 0 Å². The lowest BCUT2D eigenvalue weighted by molar-refractivity contribution is -0.135. The minimum absolute atomic E-state index is 0.00284. The van der Waals surface area contributed by atoms with Crippen LogP contribution in [0.15, 0.2) is 42.5 Å². The summed E-state index contributed by atoms with van der Waals surface area (Å²) >= 11 is 0. The van der Waals surface area contributed by atoms with Crippen LogP contribution in [0.1, 0.15) is 47.4 Å². The molecule has 5 rings (SSSR count). The van der Waals surface area contributed by atoms with E-state index in [0.29, 0.717) is 35.7 Å². The minimum atomic E-state index is -0.433. The predicted octanol–water partition coefficient (Wildman–Crippen LogP) is 3.21. The van der Waals surface area contributed by atoms with Gasteiger partial charge in [-0.15, -0.1) is 0 Å². The maximum Gasteiger partial charge on any atom is 0.263 e. The van der Waals surface area contributed by atoms with Crippen LogP contribution in [0.4, 0.5) is 5.69 Å². The molecule has 2 aromatic carbocycles. The number of amides is 3. The summed E-state index contributed by atoms with van der Waals surface area (Å²) in [6.07, 6.45) is 1.03. The van der Waals surface area contributed by atoms with E-state index in [1.54, 1.807) is 6.07 Å². The van der Waals surface area contributed by atoms with Crippen LogP contribution in [-0.4, -0.2) is 73.0 Å². The van der Waals surface area contributed by atoms with Gasteiger partial charge in [0.05, 0.1) is 23.4 Å². The van der Waals surface area contributed by atoms with Crippen molar-refractivity contribution in [3.63, 3.8) is 0 Å². The summed E-state index contributed by atoms with van der Waals surface area (Å²) < 4.78 is 11.8. The van der Waals surface area contributed by atoms with Gasteiger partial charge in [-0.25, -0.2) is 0 Å². The molecule has 8 heteroatoms. The summed E-state index contributed by atoms with van der Waals surface area (Å²) in [5, 5.41) is 0. The number of carbonyl (C=O) groups excluding carboxylic acids is 3. The van der Waals surface area contributed by atoms with Crippen molar-refractivity contribution >= 4 is 23.4 Å². The molecule has 3 aliphatic rings. The normalized spacial score (nSPS) is 19.7. The van der Waals surface area contributed by atoms with Crippen molar-refractivity contribution in [3.05, 3.63) is 53.6 Å². The first-order valence-corrected chi connectivity index (χ1v) is 12.4. The standard InChI is InChI=1S/C27H31N3O5/c1-3-28(4-2)25(31)18-12-14-29(15-13-18)21-9-7-8-20-24(21)27(33)30(26(20)32)16-19-17-34-22-10-5-6-11-23(22)35-19/h5-11,18-19H,3-4,12-17H2,1-2H3/t19-/m0/s1. The quantitative estimate of drug-likeness (QED) is 0.595. The molecule has 0 unspecified atom stereocenters. The average molecular weight is 478 g/mol. The SMILES string of the molecule is CCN(CC)C(=O)C1CCN(c2cccc3c2C(=O)N(C[C@H]2COc4ccccc4O2)C3=O)CC1. The topological polar surface area (TPSA) is 79.4 Å². The van der Waals surface area contributed by atoms with Crippen LogP contribution < -0.4 is 14.4 Å². The first-order valence-electron chi connectivity index (χ1n) is 12.4. The smallest absolute Gasteiger partial charge is 0.263 e. The monoisotopic (exact) mass is 477 g/mol. The lowest BCUT2D eigenvalue weighted by atomic mass is 9.94. The number of para-hydroxylation sites is 2. The van der Waals surface area contributed by atoms with Crippen molar-refractivity contribution in [3.8, 4) is 11.5 Å². The molecule has 0 aromatic heterocycles. The third-order valence-electron chi connectivity index (χ3n) is 7.19. The summed E-state index contributed by atoms with van der Waals surface area (Å²) in [6, 6.07) is 12.8. The van der Waals surface area contributed by atoms with Crippen molar-refractivity contribution in [2.45, 2.75) is 32.8 Å². The molecule has 0 N–H and O–H groups in total. The molecule has 184 valence electrons. The van der Waals surface area contributed by atoms with Gasteiger partial charge in [0.1, 0.15) is 6.61 Å². The number of rotatable bonds is 6. The molecule has 1 fully saturated rings. The van der Waals surface area contributed by atoms with Crippen molar-refractivity contribution in [1.29, 1.82) is 0 Å². The van der Waals surface area contributed by atoms with E-state index in [2.05, 4.69) is 4.90 Å². The second kappa shape index (κ2) is 9.60. The zero-order valence-electron chi connectivity index (χ0n) is 20.2. The Hall–Kier alpha value is -3.55. The maximum absolute atomic E-state index is 13.5. The fourth-order valence-electron chi connectivity index (χ4n) is 5.26. The fraction of sp³-hybridized carbons (Fsp3) is 0.444. The van der Waals surface area contributed by atoms with Crippen LogP contribution in [-0.2, 0) is 4.79 Å². The average Bonchev–Trinajstić information content (AvgIpc) is 3.14. The molecule has 0 bridgehead atoms. The number of carbonyl (C=O) groups is 3.